The molecule has 0 saturated heterocycles. The molecule has 1 aromatic rings. The highest BCUT2D eigenvalue weighted by Crippen LogP contribution is 2.09. The van der Waals surface area contributed by atoms with Crippen molar-refractivity contribution in [2.75, 3.05) is 40.4 Å². The molecule has 0 aliphatic rings. The molecule has 0 unspecified atom stereocenters. The van der Waals surface area contributed by atoms with Crippen molar-refractivity contribution in [1.82, 2.24) is 10.2 Å². The minimum absolute atomic E-state index is 0.0667. The molecule has 0 radical (unpaired) electrons. The Bertz CT molecular complexity index is 408. The molecule has 1 rings (SSSR count). The summed E-state index contributed by atoms with van der Waals surface area (Å²) in [7, 11) is 4.03. The SMILES string of the molecule is CN(C)CCOCCNCc1ccccc1CC(=O)O. The van der Waals surface area contributed by atoms with Crippen molar-refractivity contribution in [2.45, 2.75) is 13.0 Å². The standard InChI is InChI=1S/C15H24N2O3/c1-17(2)8-10-20-9-7-16-12-14-6-4-3-5-13(14)11-15(18)19/h3-6,16H,7-12H2,1-2H3,(H,18,19). The first kappa shape index (κ1) is 16.6. The van der Waals surface area contributed by atoms with Crippen LogP contribution >= 0.6 is 0 Å². The number of carboxylic acids is 1. The van der Waals surface area contributed by atoms with Crippen LogP contribution in [-0.4, -0.2) is 56.4 Å². The summed E-state index contributed by atoms with van der Waals surface area (Å²) >= 11 is 0. The number of rotatable bonds is 10. The molecule has 5 heteroatoms. The number of hydrogen-bond acceptors (Lipinski definition) is 4. The summed E-state index contributed by atoms with van der Waals surface area (Å²) in [5, 5.41) is 12.1. The van der Waals surface area contributed by atoms with E-state index in [4.69, 9.17) is 9.84 Å². The van der Waals surface area contributed by atoms with Gasteiger partial charge in [0.1, 0.15) is 0 Å². The van der Waals surface area contributed by atoms with Gasteiger partial charge in [0.2, 0.25) is 0 Å². The molecular formula is C15H24N2O3. The zero-order valence-corrected chi connectivity index (χ0v) is 12.3. The molecule has 0 heterocycles. The molecule has 0 spiro atoms. The van der Waals surface area contributed by atoms with Gasteiger partial charge in [0, 0.05) is 19.6 Å². The van der Waals surface area contributed by atoms with E-state index in [1.54, 1.807) is 0 Å². The number of ether oxygens (including phenoxy) is 1. The van der Waals surface area contributed by atoms with Crippen molar-refractivity contribution in [3.8, 4) is 0 Å². The van der Waals surface area contributed by atoms with Crippen LogP contribution in [0.5, 0.6) is 0 Å². The maximum absolute atomic E-state index is 10.8. The summed E-state index contributed by atoms with van der Waals surface area (Å²) in [6, 6.07) is 7.61. The Morgan fingerprint density at radius 2 is 1.95 bits per heavy atom. The van der Waals surface area contributed by atoms with Crippen LogP contribution in [-0.2, 0) is 22.5 Å². The number of hydrogen-bond donors (Lipinski definition) is 2. The van der Waals surface area contributed by atoms with Crippen LogP contribution < -0.4 is 5.32 Å². The smallest absolute Gasteiger partial charge is 0.307 e. The highest BCUT2D eigenvalue weighted by atomic mass is 16.5. The molecule has 0 atom stereocenters. The first-order chi connectivity index (χ1) is 9.59. The van der Waals surface area contributed by atoms with E-state index in [9.17, 15) is 4.79 Å². The molecule has 20 heavy (non-hydrogen) atoms. The molecule has 0 bridgehead atoms. The van der Waals surface area contributed by atoms with E-state index in [2.05, 4.69) is 10.2 Å². The molecule has 0 fully saturated rings. The highest BCUT2D eigenvalue weighted by molar-refractivity contribution is 5.70. The summed E-state index contributed by atoms with van der Waals surface area (Å²) in [5.41, 5.74) is 1.89. The van der Waals surface area contributed by atoms with Crippen LogP contribution in [0.3, 0.4) is 0 Å². The Morgan fingerprint density at radius 3 is 2.60 bits per heavy atom. The number of nitrogens with zero attached hydrogens (tertiary/aromatic N) is 1. The van der Waals surface area contributed by atoms with Gasteiger partial charge in [0.05, 0.1) is 19.6 Å². The number of carbonyl (C=O) groups is 1. The Balaban J connectivity index is 2.23. The molecule has 5 nitrogen and oxygen atoms in total. The second kappa shape index (κ2) is 9.47. The number of carboxylic acid groups (broad SMARTS) is 1. The van der Waals surface area contributed by atoms with Crippen LogP contribution in [0.15, 0.2) is 24.3 Å². The first-order valence-corrected chi connectivity index (χ1v) is 6.81. The van der Waals surface area contributed by atoms with E-state index < -0.39 is 5.97 Å². The molecule has 0 aromatic heterocycles. The maximum Gasteiger partial charge on any atom is 0.307 e. The average Bonchev–Trinajstić information content (AvgIpc) is 2.38. The molecule has 0 aliphatic heterocycles. The normalized spacial score (nSPS) is 10.9. The van der Waals surface area contributed by atoms with E-state index >= 15 is 0 Å². The Labute approximate surface area is 120 Å². The predicted molar refractivity (Wildman–Crippen MR) is 78.9 cm³/mol. The van der Waals surface area contributed by atoms with Gasteiger partial charge in [0.25, 0.3) is 0 Å². The topological polar surface area (TPSA) is 61.8 Å². The lowest BCUT2D eigenvalue weighted by Crippen LogP contribution is -2.23. The summed E-state index contributed by atoms with van der Waals surface area (Å²) in [6.07, 6.45) is 0.0667. The van der Waals surface area contributed by atoms with Gasteiger partial charge in [-0.25, -0.2) is 0 Å². The van der Waals surface area contributed by atoms with Crippen LogP contribution in [0, 0.1) is 0 Å². The van der Waals surface area contributed by atoms with Gasteiger partial charge in [0.15, 0.2) is 0 Å². The van der Waals surface area contributed by atoms with Crippen molar-refractivity contribution in [2.24, 2.45) is 0 Å². The zero-order valence-electron chi connectivity index (χ0n) is 12.3. The largest absolute Gasteiger partial charge is 0.481 e. The fraction of sp³-hybridized carbons (Fsp3) is 0.533. The lowest BCUT2D eigenvalue weighted by molar-refractivity contribution is -0.136. The van der Waals surface area contributed by atoms with Crippen molar-refractivity contribution >= 4 is 5.97 Å². The molecule has 0 saturated carbocycles. The Morgan fingerprint density at radius 1 is 1.25 bits per heavy atom. The van der Waals surface area contributed by atoms with Gasteiger partial charge in [-0.1, -0.05) is 24.3 Å². The van der Waals surface area contributed by atoms with E-state index in [-0.39, 0.29) is 6.42 Å². The average molecular weight is 280 g/mol. The van der Waals surface area contributed by atoms with Crippen molar-refractivity contribution in [1.29, 1.82) is 0 Å². The molecule has 0 amide bonds. The molecule has 112 valence electrons. The van der Waals surface area contributed by atoms with Gasteiger partial charge in [-0.15, -0.1) is 0 Å². The zero-order chi connectivity index (χ0) is 14.8. The summed E-state index contributed by atoms with van der Waals surface area (Å²) in [5.74, 6) is -0.801. The lowest BCUT2D eigenvalue weighted by Gasteiger charge is -2.11. The third-order valence-electron chi connectivity index (χ3n) is 2.88. The number of likely N-dealkylation sites (N-methyl/N-ethyl adjacent to an activating group) is 1. The number of nitrogens with one attached hydrogen (secondary N) is 1. The third kappa shape index (κ3) is 7.23. The number of benzene rings is 1. The monoisotopic (exact) mass is 280 g/mol. The maximum atomic E-state index is 10.8. The first-order valence-electron chi connectivity index (χ1n) is 6.81. The minimum Gasteiger partial charge on any atom is -0.481 e. The quantitative estimate of drug-likeness (QED) is 0.626. The summed E-state index contributed by atoms with van der Waals surface area (Å²) < 4.78 is 5.48. The van der Waals surface area contributed by atoms with E-state index in [0.717, 1.165) is 30.8 Å². The van der Waals surface area contributed by atoms with Gasteiger partial charge >= 0.3 is 5.97 Å². The van der Waals surface area contributed by atoms with Gasteiger partial charge in [-0.3, -0.25) is 4.79 Å². The molecule has 2 N–H and O–H groups in total. The van der Waals surface area contributed by atoms with Crippen molar-refractivity contribution in [3.05, 3.63) is 35.4 Å². The third-order valence-corrected chi connectivity index (χ3v) is 2.88. The van der Waals surface area contributed by atoms with E-state index in [0.29, 0.717) is 13.2 Å². The molecular weight excluding hydrogens is 256 g/mol. The van der Waals surface area contributed by atoms with Gasteiger partial charge in [-0.2, -0.15) is 0 Å². The number of aliphatic carboxylic acids is 1. The summed E-state index contributed by atoms with van der Waals surface area (Å²) in [6.45, 7) is 3.73. The Kier molecular flexibility index (Phi) is 7.87. The second-order valence-electron chi connectivity index (χ2n) is 4.93. The minimum atomic E-state index is -0.801. The predicted octanol–water partition coefficient (Wildman–Crippen LogP) is 0.981. The Hall–Kier alpha value is -1.43. The fourth-order valence-corrected chi connectivity index (χ4v) is 1.78. The lowest BCUT2D eigenvalue weighted by atomic mass is 10.0. The van der Waals surface area contributed by atoms with E-state index in [1.807, 2.05) is 38.4 Å². The van der Waals surface area contributed by atoms with Crippen LogP contribution in [0.4, 0.5) is 0 Å². The summed E-state index contributed by atoms with van der Waals surface area (Å²) in [4.78, 5) is 12.9. The van der Waals surface area contributed by atoms with E-state index in [1.165, 1.54) is 0 Å². The molecule has 1 aromatic carbocycles. The van der Waals surface area contributed by atoms with Crippen LogP contribution in [0.25, 0.3) is 0 Å². The van der Waals surface area contributed by atoms with Gasteiger partial charge < -0.3 is 20.1 Å². The van der Waals surface area contributed by atoms with Crippen LogP contribution in [0.2, 0.25) is 0 Å². The second-order valence-corrected chi connectivity index (χ2v) is 4.93. The van der Waals surface area contributed by atoms with Crippen molar-refractivity contribution < 1.29 is 14.6 Å². The van der Waals surface area contributed by atoms with Crippen LogP contribution in [0.1, 0.15) is 11.1 Å². The fourth-order valence-electron chi connectivity index (χ4n) is 1.78. The molecule has 0 aliphatic carbocycles. The highest BCUT2D eigenvalue weighted by Gasteiger charge is 2.05. The van der Waals surface area contributed by atoms with Crippen molar-refractivity contribution in [3.63, 3.8) is 0 Å². The van der Waals surface area contributed by atoms with Gasteiger partial charge in [-0.05, 0) is 25.2 Å².